The molecule has 2 unspecified atom stereocenters. The third-order valence-electron chi connectivity index (χ3n) is 2.87. The Kier molecular flexibility index (Phi) is 4.14. The van der Waals surface area contributed by atoms with Crippen molar-refractivity contribution in [2.24, 2.45) is 0 Å². The van der Waals surface area contributed by atoms with E-state index in [1.165, 1.54) is 0 Å². The van der Waals surface area contributed by atoms with Gasteiger partial charge in [0.2, 0.25) is 5.89 Å². The van der Waals surface area contributed by atoms with E-state index in [4.69, 9.17) is 4.52 Å². The maximum atomic E-state index is 9.47. The van der Waals surface area contributed by atoms with Crippen molar-refractivity contribution in [3.05, 3.63) is 46.0 Å². The molecule has 0 radical (unpaired) electrons. The molecule has 2 atom stereocenters. The van der Waals surface area contributed by atoms with E-state index in [1.54, 1.807) is 6.92 Å². The maximum Gasteiger partial charge on any atom is 0.232 e. The number of nitrogens with zero attached hydrogens (tertiary/aromatic N) is 2. The highest BCUT2D eigenvalue weighted by atomic mass is 79.9. The lowest BCUT2D eigenvalue weighted by atomic mass is 10.1. The second kappa shape index (κ2) is 5.63. The van der Waals surface area contributed by atoms with Crippen molar-refractivity contribution >= 4 is 15.9 Å². The van der Waals surface area contributed by atoms with E-state index < -0.39 is 6.10 Å². The van der Waals surface area contributed by atoms with E-state index in [-0.39, 0.29) is 5.92 Å². The minimum atomic E-state index is -0.494. The third-order valence-corrected chi connectivity index (χ3v) is 3.40. The molecule has 0 amide bonds. The summed E-state index contributed by atoms with van der Waals surface area (Å²) in [7, 11) is 0. The van der Waals surface area contributed by atoms with Crippen molar-refractivity contribution in [2.75, 3.05) is 0 Å². The molecule has 1 heterocycles. The Bertz CT molecular complexity index is 508. The summed E-state index contributed by atoms with van der Waals surface area (Å²) in [6.07, 6.45) is 0.134. The lowest BCUT2D eigenvalue weighted by Crippen LogP contribution is -2.11. The zero-order valence-corrected chi connectivity index (χ0v) is 11.9. The molecule has 2 rings (SSSR count). The van der Waals surface area contributed by atoms with E-state index >= 15 is 0 Å². The fourth-order valence-corrected chi connectivity index (χ4v) is 1.78. The topological polar surface area (TPSA) is 59.2 Å². The molecule has 1 aromatic heterocycles. The number of rotatable bonds is 4. The van der Waals surface area contributed by atoms with Gasteiger partial charge in [-0.2, -0.15) is 4.98 Å². The Morgan fingerprint density at radius 3 is 2.56 bits per heavy atom. The van der Waals surface area contributed by atoms with E-state index in [9.17, 15) is 5.11 Å². The second-order valence-corrected chi connectivity index (χ2v) is 5.30. The third kappa shape index (κ3) is 3.17. The molecule has 0 aliphatic heterocycles. The van der Waals surface area contributed by atoms with Crippen LogP contribution in [0.5, 0.6) is 0 Å². The molecule has 1 aromatic carbocycles. The van der Waals surface area contributed by atoms with Crippen LogP contribution in [-0.2, 0) is 6.42 Å². The SMILES string of the molecule is CC(O)C(C)c1nc(Cc2ccc(Br)cc2)no1. The summed E-state index contributed by atoms with van der Waals surface area (Å²) in [5, 5.41) is 13.4. The Hall–Kier alpha value is -1.20. The fraction of sp³-hybridized carbons (Fsp3) is 0.385. The van der Waals surface area contributed by atoms with Crippen LogP contribution in [-0.4, -0.2) is 21.4 Å². The molecule has 0 spiro atoms. The first kappa shape index (κ1) is 13.2. The Labute approximate surface area is 114 Å². The predicted octanol–water partition coefficient (Wildman–Crippen LogP) is 2.91. The van der Waals surface area contributed by atoms with Crippen LogP contribution in [0.15, 0.2) is 33.3 Å². The molecule has 0 aliphatic carbocycles. The van der Waals surface area contributed by atoms with Crippen LogP contribution in [0, 0.1) is 0 Å². The Balaban J connectivity index is 2.09. The first-order valence-corrected chi connectivity index (χ1v) is 6.60. The molecule has 1 N–H and O–H groups in total. The van der Waals surface area contributed by atoms with Crippen molar-refractivity contribution < 1.29 is 9.63 Å². The standard InChI is InChI=1S/C13H15BrN2O2/c1-8(9(2)17)13-15-12(16-18-13)7-10-3-5-11(14)6-4-10/h3-6,8-9,17H,7H2,1-2H3. The number of aliphatic hydroxyl groups is 1. The average Bonchev–Trinajstić information content (AvgIpc) is 2.79. The van der Waals surface area contributed by atoms with Gasteiger partial charge < -0.3 is 9.63 Å². The molecule has 5 heteroatoms. The Morgan fingerprint density at radius 2 is 1.94 bits per heavy atom. The summed E-state index contributed by atoms with van der Waals surface area (Å²) in [6, 6.07) is 7.99. The van der Waals surface area contributed by atoms with Gasteiger partial charge >= 0.3 is 0 Å². The van der Waals surface area contributed by atoms with Crippen LogP contribution >= 0.6 is 15.9 Å². The second-order valence-electron chi connectivity index (χ2n) is 4.38. The average molecular weight is 311 g/mol. The zero-order chi connectivity index (χ0) is 13.1. The van der Waals surface area contributed by atoms with Gasteiger partial charge in [-0.05, 0) is 24.6 Å². The van der Waals surface area contributed by atoms with Gasteiger partial charge in [0.15, 0.2) is 5.82 Å². The Morgan fingerprint density at radius 1 is 1.28 bits per heavy atom. The number of aromatic nitrogens is 2. The summed E-state index contributed by atoms with van der Waals surface area (Å²) < 4.78 is 6.20. The van der Waals surface area contributed by atoms with Crippen LogP contribution in [0.3, 0.4) is 0 Å². The summed E-state index contributed by atoms with van der Waals surface area (Å²) >= 11 is 3.39. The van der Waals surface area contributed by atoms with Crippen LogP contribution in [0.1, 0.15) is 37.0 Å². The van der Waals surface area contributed by atoms with E-state index in [0.29, 0.717) is 18.1 Å². The summed E-state index contributed by atoms with van der Waals surface area (Å²) in [5.41, 5.74) is 1.12. The number of benzene rings is 1. The molecule has 18 heavy (non-hydrogen) atoms. The minimum absolute atomic E-state index is 0.142. The highest BCUT2D eigenvalue weighted by Crippen LogP contribution is 2.18. The molecule has 0 saturated carbocycles. The van der Waals surface area contributed by atoms with Gasteiger partial charge in [-0.3, -0.25) is 0 Å². The molecule has 0 aliphatic rings. The van der Waals surface area contributed by atoms with E-state index in [0.717, 1.165) is 10.0 Å². The van der Waals surface area contributed by atoms with E-state index in [1.807, 2.05) is 31.2 Å². The maximum absolute atomic E-state index is 9.47. The van der Waals surface area contributed by atoms with Crippen molar-refractivity contribution in [3.8, 4) is 0 Å². The van der Waals surface area contributed by atoms with E-state index in [2.05, 4.69) is 26.1 Å². The van der Waals surface area contributed by atoms with Gasteiger partial charge in [-0.25, -0.2) is 0 Å². The van der Waals surface area contributed by atoms with Gasteiger partial charge in [-0.15, -0.1) is 0 Å². The molecule has 4 nitrogen and oxygen atoms in total. The van der Waals surface area contributed by atoms with Crippen LogP contribution in [0.2, 0.25) is 0 Å². The van der Waals surface area contributed by atoms with Crippen LogP contribution < -0.4 is 0 Å². The molecule has 2 aromatic rings. The largest absolute Gasteiger partial charge is 0.393 e. The molecule has 0 fully saturated rings. The zero-order valence-electron chi connectivity index (χ0n) is 10.3. The highest BCUT2D eigenvalue weighted by molar-refractivity contribution is 9.10. The van der Waals surface area contributed by atoms with Crippen molar-refractivity contribution in [1.82, 2.24) is 10.1 Å². The van der Waals surface area contributed by atoms with Gasteiger partial charge in [-0.1, -0.05) is 40.1 Å². The monoisotopic (exact) mass is 310 g/mol. The van der Waals surface area contributed by atoms with Crippen molar-refractivity contribution in [3.63, 3.8) is 0 Å². The molecule has 0 saturated heterocycles. The van der Waals surface area contributed by atoms with Crippen LogP contribution in [0.4, 0.5) is 0 Å². The van der Waals surface area contributed by atoms with Crippen LogP contribution in [0.25, 0.3) is 0 Å². The van der Waals surface area contributed by atoms with Gasteiger partial charge in [0.25, 0.3) is 0 Å². The number of aliphatic hydroxyl groups excluding tert-OH is 1. The predicted molar refractivity (Wildman–Crippen MR) is 71.3 cm³/mol. The quantitative estimate of drug-likeness (QED) is 0.943. The summed E-state index contributed by atoms with van der Waals surface area (Å²) in [6.45, 7) is 3.57. The summed E-state index contributed by atoms with van der Waals surface area (Å²) in [4.78, 5) is 4.30. The molecular weight excluding hydrogens is 296 g/mol. The lowest BCUT2D eigenvalue weighted by Gasteiger charge is -2.07. The number of hydrogen-bond donors (Lipinski definition) is 1. The van der Waals surface area contributed by atoms with Crippen molar-refractivity contribution in [1.29, 1.82) is 0 Å². The summed E-state index contributed by atoms with van der Waals surface area (Å²) in [5.74, 6) is 0.980. The minimum Gasteiger partial charge on any atom is -0.393 e. The van der Waals surface area contributed by atoms with Gasteiger partial charge in [0.1, 0.15) is 0 Å². The van der Waals surface area contributed by atoms with Gasteiger partial charge in [0.05, 0.1) is 12.0 Å². The van der Waals surface area contributed by atoms with Crippen molar-refractivity contribution in [2.45, 2.75) is 32.3 Å². The molecular formula is C13H15BrN2O2. The fourth-order valence-electron chi connectivity index (χ4n) is 1.52. The van der Waals surface area contributed by atoms with Gasteiger partial charge in [0, 0.05) is 10.9 Å². The molecule has 0 bridgehead atoms. The number of hydrogen-bond acceptors (Lipinski definition) is 4. The lowest BCUT2D eigenvalue weighted by molar-refractivity contribution is 0.151. The first-order chi connectivity index (χ1) is 8.56. The highest BCUT2D eigenvalue weighted by Gasteiger charge is 2.18. The molecule has 96 valence electrons. The number of halogens is 1. The normalized spacial score (nSPS) is 14.4. The smallest absolute Gasteiger partial charge is 0.232 e. The first-order valence-electron chi connectivity index (χ1n) is 5.81.